The molecule has 5 rings (SSSR count). The minimum absolute atomic E-state index is 0.0534. The molecule has 250 valence electrons. The van der Waals surface area contributed by atoms with Crippen molar-refractivity contribution in [2.24, 2.45) is 0 Å². The van der Waals surface area contributed by atoms with Gasteiger partial charge >= 0.3 is 6.18 Å². The number of ether oxygens (including phenoxy) is 2. The Bertz CT molecular complexity index is 1800. The van der Waals surface area contributed by atoms with Crippen LogP contribution in [0, 0.1) is 5.82 Å². The van der Waals surface area contributed by atoms with E-state index in [1.54, 1.807) is 32.9 Å². The summed E-state index contributed by atoms with van der Waals surface area (Å²) < 4.78 is 84.7. The largest absolute Gasteiger partial charge is 0.598 e. The topological polar surface area (TPSA) is 149 Å². The second-order valence-electron chi connectivity index (χ2n) is 12.0. The summed E-state index contributed by atoms with van der Waals surface area (Å²) in [6.45, 7) is 2.51. The number of carbonyl (C=O) groups is 1. The maximum atomic E-state index is 14.9. The fourth-order valence-electron chi connectivity index (χ4n) is 4.99. The van der Waals surface area contributed by atoms with Crippen molar-refractivity contribution in [2.45, 2.75) is 42.8 Å². The molecule has 0 spiro atoms. The molecule has 4 aromatic rings. The van der Waals surface area contributed by atoms with E-state index in [1.807, 2.05) is 0 Å². The van der Waals surface area contributed by atoms with Crippen LogP contribution in [0.4, 0.5) is 17.6 Å². The van der Waals surface area contributed by atoms with Crippen LogP contribution in [0.3, 0.4) is 0 Å². The summed E-state index contributed by atoms with van der Waals surface area (Å²) in [6.07, 6.45) is -3.87. The van der Waals surface area contributed by atoms with Crippen molar-refractivity contribution in [3.8, 4) is 22.8 Å². The molecule has 1 aliphatic heterocycles. The molecule has 0 radical (unpaired) electrons. The summed E-state index contributed by atoms with van der Waals surface area (Å²) >= 11 is -1.83. The third-order valence-electron chi connectivity index (χ3n) is 7.73. The average Bonchev–Trinajstić information content (AvgIpc) is 3.40. The van der Waals surface area contributed by atoms with E-state index >= 15 is 0 Å². The highest BCUT2D eigenvalue weighted by Gasteiger charge is 2.58. The minimum atomic E-state index is -5.39. The number of carbonyl (C=O) groups excluding carboxylic acids is 1. The normalized spacial score (nSPS) is 18.3. The first-order valence-electron chi connectivity index (χ1n) is 14.3. The number of nitrogens with zero attached hydrogens (tertiary/aromatic N) is 2. The van der Waals surface area contributed by atoms with E-state index in [0.717, 1.165) is 18.2 Å². The number of amides is 1. The number of aliphatic hydroxyl groups excluding tert-OH is 1. The molecule has 3 heterocycles. The number of fused-ring (bicyclic) bond motifs is 2. The number of hydrogen-bond acceptors (Lipinski definition) is 9. The number of methoxy groups -OCH3 is 1. The van der Waals surface area contributed by atoms with E-state index in [1.165, 1.54) is 37.6 Å². The monoisotopic (exact) mass is 676 g/mol. The predicted octanol–water partition coefficient (Wildman–Crippen LogP) is 4.26. The van der Waals surface area contributed by atoms with Gasteiger partial charge in [0.1, 0.15) is 39.7 Å². The average molecular weight is 677 g/mol. The lowest BCUT2D eigenvalue weighted by molar-refractivity contribution is -0.265. The molecule has 0 saturated heterocycles. The summed E-state index contributed by atoms with van der Waals surface area (Å²) in [4.78, 5) is 21.6. The van der Waals surface area contributed by atoms with Crippen LogP contribution in [0.1, 0.15) is 42.4 Å². The van der Waals surface area contributed by atoms with Gasteiger partial charge in [-0.05, 0) is 69.3 Å². The Hall–Kier alpha value is -4.02. The Morgan fingerprint density at radius 3 is 2.47 bits per heavy atom. The van der Waals surface area contributed by atoms with Gasteiger partial charge in [0, 0.05) is 39.6 Å². The lowest BCUT2D eigenvalue weighted by Gasteiger charge is -2.34. The molecule has 0 aliphatic carbocycles. The number of pyridine rings is 2. The molecular weight excluding hydrogens is 644 g/mol. The summed E-state index contributed by atoms with van der Waals surface area (Å²) in [5, 5.41) is 24.6. The fraction of sp³-hybridized carbons (Fsp3) is 0.344. The molecule has 3 atom stereocenters. The molecule has 3 unspecified atom stereocenters. The zero-order chi connectivity index (χ0) is 34.4. The number of rotatable bonds is 9. The highest BCUT2D eigenvalue weighted by Crippen LogP contribution is 2.47. The first-order valence-corrected chi connectivity index (χ1v) is 15.4. The van der Waals surface area contributed by atoms with Crippen molar-refractivity contribution >= 4 is 28.2 Å². The smallest absolute Gasteiger partial charge is 0.424 e. The van der Waals surface area contributed by atoms with E-state index in [2.05, 4.69) is 20.0 Å². The zero-order valence-electron chi connectivity index (χ0n) is 25.7. The number of aliphatic hydroxyl groups is 2. The van der Waals surface area contributed by atoms with Crippen molar-refractivity contribution in [3.05, 3.63) is 83.4 Å². The van der Waals surface area contributed by atoms with Gasteiger partial charge in [0.2, 0.25) is 5.60 Å². The van der Waals surface area contributed by atoms with Gasteiger partial charge in [0.25, 0.3) is 5.91 Å². The molecule has 4 N–H and O–H groups in total. The van der Waals surface area contributed by atoms with Gasteiger partial charge in [-0.3, -0.25) is 9.78 Å². The quantitative estimate of drug-likeness (QED) is 0.151. The highest BCUT2D eigenvalue weighted by molar-refractivity contribution is 7.90. The Morgan fingerprint density at radius 1 is 1.15 bits per heavy atom. The Morgan fingerprint density at radius 2 is 1.85 bits per heavy atom. The summed E-state index contributed by atoms with van der Waals surface area (Å²) in [7, 11) is 1.35. The van der Waals surface area contributed by atoms with Gasteiger partial charge in [0.15, 0.2) is 5.75 Å². The van der Waals surface area contributed by atoms with Gasteiger partial charge < -0.3 is 29.6 Å². The van der Waals surface area contributed by atoms with E-state index in [4.69, 9.17) is 9.47 Å². The van der Waals surface area contributed by atoms with E-state index in [0.29, 0.717) is 10.9 Å². The molecule has 15 heteroatoms. The van der Waals surface area contributed by atoms with Crippen LogP contribution in [0.2, 0.25) is 0 Å². The first kappa shape index (κ1) is 34.3. The Labute approximate surface area is 270 Å². The van der Waals surface area contributed by atoms with Crippen LogP contribution >= 0.6 is 0 Å². The molecular formula is C32H32F4N4O6S. The van der Waals surface area contributed by atoms with Gasteiger partial charge in [-0.1, -0.05) is 6.07 Å². The second kappa shape index (κ2) is 12.5. The zero-order valence-corrected chi connectivity index (χ0v) is 26.6. The Kier molecular flexibility index (Phi) is 9.16. The van der Waals surface area contributed by atoms with Crippen LogP contribution in [0.5, 0.6) is 11.5 Å². The van der Waals surface area contributed by atoms with Gasteiger partial charge in [-0.2, -0.15) is 13.2 Å². The van der Waals surface area contributed by atoms with Crippen LogP contribution in [-0.2, 0) is 22.5 Å². The molecule has 2 aromatic heterocycles. The molecule has 10 nitrogen and oxygen atoms in total. The second-order valence-corrected chi connectivity index (χ2v) is 14.0. The SMILES string of the molecule is COc1cc(C(=O)NCC(O)(c2cc3c(c(-c4ccc(F)cc4)n2)OCC3(CO)N[S+]([O-])C(C)(C)C)C(F)(F)F)cc2cccnc12. The van der Waals surface area contributed by atoms with Gasteiger partial charge in [-0.15, -0.1) is 4.72 Å². The highest BCUT2D eigenvalue weighted by atomic mass is 32.2. The molecule has 0 fully saturated rings. The molecule has 1 aliphatic rings. The van der Waals surface area contributed by atoms with E-state index in [9.17, 15) is 37.1 Å². The number of nitrogens with one attached hydrogen (secondary N) is 2. The van der Waals surface area contributed by atoms with Crippen LogP contribution in [0.25, 0.3) is 22.2 Å². The first-order chi connectivity index (χ1) is 22.0. The molecule has 0 saturated carbocycles. The van der Waals surface area contributed by atoms with Crippen molar-refractivity contribution in [1.82, 2.24) is 20.0 Å². The lowest BCUT2D eigenvalue weighted by atomic mass is 9.88. The van der Waals surface area contributed by atoms with Crippen molar-refractivity contribution in [3.63, 3.8) is 0 Å². The van der Waals surface area contributed by atoms with Crippen LogP contribution in [-0.4, -0.2) is 68.4 Å². The van der Waals surface area contributed by atoms with Crippen molar-refractivity contribution < 1.29 is 46.6 Å². The molecule has 47 heavy (non-hydrogen) atoms. The minimum Gasteiger partial charge on any atom is -0.598 e. The van der Waals surface area contributed by atoms with E-state index < -0.39 is 64.0 Å². The maximum absolute atomic E-state index is 14.9. The molecule has 1 amide bonds. The number of aromatic nitrogens is 2. The third-order valence-corrected chi connectivity index (χ3v) is 9.42. The summed E-state index contributed by atoms with van der Waals surface area (Å²) in [6, 6.07) is 11.6. The molecule has 2 aromatic carbocycles. The fourth-order valence-corrected chi connectivity index (χ4v) is 5.89. The number of benzene rings is 2. The summed E-state index contributed by atoms with van der Waals surface area (Å²) in [5.41, 5.74) is -6.14. The lowest BCUT2D eigenvalue weighted by Crippen LogP contribution is -2.55. The van der Waals surface area contributed by atoms with Crippen molar-refractivity contribution in [2.75, 3.05) is 26.9 Å². The van der Waals surface area contributed by atoms with Gasteiger partial charge in [-0.25, -0.2) is 9.37 Å². The Balaban J connectivity index is 1.61. The summed E-state index contributed by atoms with van der Waals surface area (Å²) in [5.74, 6) is -1.42. The van der Waals surface area contributed by atoms with E-state index in [-0.39, 0.29) is 40.5 Å². The number of hydrogen-bond donors (Lipinski definition) is 4. The predicted molar refractivity (Wildman–Crippen MR) is 166 cm³/mol. The number of alkyl halides is 3. The van der Waals surface area contributed by atoms with Crippen molar-refractivity contribution in [1.29, 1.82) is 0 Å². The van der Waals surface area contributed by atoms with Crippen LogP contribution in [0.15, 0.2) is 60.8 Å². The maximum Gasteiger partial charge on any atom is 0.424 e. The number of halogens is 4. The van der Waals surface area contributed by atoms with Crippen LogP contribution < -0.4 is 19.5 Å². The third kappa shape index (κ3) is 6.45. The standard InChI is InChI=1S/C32H32F4N4O6S/c1-29(2,3)47(44)40-30(16-41)17-46-27-22(30)14-24(39-26(27)18-7-9-21(33)10-8-18)31(43,32(34,35)36)15-38-28(42)20-12-19-6-5-11-37-25(19)23(13-20)45-4/h5-14,40-41,43H,15-17H2,1-4H3,(H,38,42). The molecule has 0 bridgehead atoms. The van der Waals surface area contributed by atoms with Gasteiger partial charge in [0.05, 0.1) is 26.0 Å².